The Bertz CT molecular complexity index is 1070. The molecular weight excluding hydrogens is 394 g/mol. The monoisotopic (exact) mass is 427 g/mol. The van der Waals surface area contributed by atoms with E-state index in [-0.39, 0.29) is 0 Å². The van der Waals surface area contributed by atoms with Gasteiger partial charge in [-0.2, -0.15) is 0 Å². The molecule has 0 radical (unpaired) electrons. The molecule has 32 heavy (non-hydrogen) atoms. The third-order valence-corrected chi connectivity index (χ3v) is 6.60. The van der Waals surface area contributed by atoms with Gasteiger partial charge >= 0.3 is 0 Å². The number of aliphatic imine (C=N–C) groups is 1. The van der Waals surface area contributed by atoms with E-state index in [2.05, 4.69) is 65.0 Å². The van der Waals surface area contributed by atoms with Crippen LogP contribution in [0.2, 0.25) is 0 Å². The van der Waals surface area contributed by atoms with Crippen LogP contribution in [0.3, 0.4) is 0 Å². The summed E-state index contributed by atoms with van der Waals surface area (Å²) in [5, 5.41) is 0. The summed E-state index contributed by atoms with van der Waals surface area (Å²) < 4.78 is 0. The lowest BCUT2D eigenvalue weighted by Gasteiger charge is -2.40. The number of likely N-dealkylation sites (N-methyl/N-ethyl adjacent to an activating group) is 1. The van der Waals surface area contributed by atoms with Gasteiger partial charge in [-0.05, 0) is 60.1 Å². The fourth-order valence-corrected chi connectivity index (χ4v) is 4.59. The first kappa shape index (κ1) is 22.0. The lowest BCUT2D eigenvalue weighted by molar-refractivity contribution is 0.275. The van der Waals surface area contributed by atoms with Gasteiger partial charge in [0.2, 0.25) is 5.96 Å². The van der Waals surface area contributed by atoms with E-state index in [0.29, 0.717) is 5.92 Å². The lowest BCUT2D eigenvalue weighted by atomic mass is 9.84. The molecule has 0 saturated carbocycles. The largest absolute Gasteiger partial charge is 0.342 e. The van der Waals surface area contributed by atoms with Gasteiger partial charge in [-0.25, -0.2) is 15.0 Å². The number of allylic oxidation sites excluding steroid dienone is 1. The van der Waals surface area contributed by atoms with E-state index in [4.69, 9.17) is 4.99 Å². The second-order valence-electron chi connectivity index (χ2n) is 8.60. The molecule has 1 aromatic carbocycles. The maximum atomic E-state index is 4.98. The molecule has 1 atom stereocenters. The number of guanidine groups is 1. The Hall–Kier alpha value is -3.21. The molecule has 1 saturated heterocycles. The summed E-state index contributed by atoms with van der Waals surface area (Å²) in [5.74, 6) is 1.33. The Labute approximate surface area is 191 Å². The van der Waals surface area contributed by atoms with Crippen LogP contribution in [0.4, 0.5) is 0 Å². The molecule has 166 valence electrons. The number of rotatable bonds is 5. The molecule has 5 nitrogen and oxygen atoms in total. The van der Waals surface area contributed by atoms with Crippen LogP contribution in [0.5, 0.6) is 0 Å². The Balaban J connectivity index is 1.58. The first-order valence-electron chi connectivity index (χ1n) is 11.6. The molecule has 3 heterocycles. The van der Waals surface area contributed by atoms with Gasteiger partial charge in [0, 0.05) is 37.9 Å². The fraction of sp³-hybridized carbons (Fsp3) is 0.370. The Kier molecular flexibility index (Phi) is 6.54. The van der Waals surface area contributed by atoms with Gasteiger partial charge in [-0.3, -0.25) is 0 Å². The van der Waals surface area contributed by atoms with Crippen LogP contribution in [-0.4, -0.2) is 45.9 Å². The van der Waals surface area contributed by atoms with Crippen molar-refractivity contribution in [3.05, 3.63) is 84.1 Å². The summed E-state index contributed by atoms with van der Waals surface area (Å²) in [7, 11) is 2.03. The molecule has 5 heteroatoms. The van der Waals surface area contributed by atoms with E-state index < -0.39 is 0 Å². The zero-order valence-corrected chi connectivity index (χ0v) is 19.5. The molecule has 4 rings (SSSR count). The van der Waals surface area contributed by atoms with Crippen LogP contribution in [0.15, 0.2) is 66.7 Å². The van der Waals surface area contributed by atoms with Gasteiger partial charge in [0.1, 0.15) is 6.33 Å². The summed E-state index contributed by atoms with van der Waals surface area (Å²) >= 11 is 0. The van der Waals surface area contributed by atoms with Crippen LogP contribution in [0, 0.1) is 5.92 Å². The van der Waals surface area contributed by atoms with Gasteiger partial charge in [-0.1, -0.05) is 45.2 Å². The summed E-state index contributed by atoms with van der Waals surface area (Å²) in [6.07, 6.45) is 9.65. The van der Waals surface area contributed by atoms with Crippen molar-refractivity contribution < 1.29 is 0 Å². The van der Waals surface area contributed by atoms with Crippen molar-refractivity contribution in [2.45, 2.75) is 39.5 Å². The number of piperidine rings is 1. The summed E-state index contributed by atoms with van der Waals surface area (Å²) in [6.45, 7) is 15.1. The van der Waals surface area contributed by atoms with Crippen molar-refractivity contribution in [1.82, 2.24) is 19.8 Å². The van der Waals surface area contributed by atoms with Gasteiger partial charge in [-0.15, -0.1) is 0 Å². The van der Waals surface area contributed by atoms with E-state index in [1.165, 1.54) is 22.3 Å². The molecule has 2 aliphatic heterocycles. The highest BCUT2D eigenvalue weighted by Crippen LogP contribution is 2.33. The molecule has 2 aliphatic rings. The first-order chi connectivity index (χ1) is 15.5. The van der Waals surface area contributed by atoms with Crippen LogP contribution in [0.1, 0.15) is 49.1 Å². The van der Waals surface area contributed by atoms with Crippen molar-refractivity contribution in [2.75, 3.05) is 20.1 Å². The third kappa shape index (κ3) is 4.38. The number of likely N-dealkylation sites (tertiary alicyclic amines) is 1. The third-order valence-electron chi connectivity index (χ3n) is 6.60. The zero-order valence-electron chi connectivity index (χ0n) is 19.5. The van der Waals surface area contributed by atoms with Crippen molar-refractivity contribution in [3.8, 4) is 0 Å². The molecule has 2 aromatic rings. The fourth-order valence-electron chi connectivity index (χ4n) is 4.59. The van der Waals surface area contributed by atoms with E-state index in [1.54, 1.807) is 12.5 Å². The molecule has 0 bridgehead atoms. The molecule has 1 aromatic heterocycles. The first-order valence-corrected chi connectivity index (χ1v) is 11.6. The molecular formula is C27H33N5. The Morgan fingerprint density at radius 2 is 2.03 bits per heavy atom. The van der Waals surface area contributed by atoms with Crippen LogP contribution in [-0.2, 0) is 12.8 Å². The highest BCUT2D eigenvalue weighted by atomic mass is 15.4. The molecule has 0 aliphatic carbocycles. The van der Waals surface area contributed by atoms with E-state index in [0.717, 1.165) is 61.8 Å². The maximum absolute atomic E-state index is 4.98. The van der Waals surface area contributed by atoms with Gasteiger partial charge in [0.05, 0.1) is 11.4 Å². The normalized spacial score (nSPS) is 19.0. The van der Waals surface area contributed by atoms with Crippen molar-refractivity contribution in [1.29, 1.82) is 0 Å². The minimum absolute atomic E-state index is 0.402. The molecule has 0 N–H and O–H groups in total. The smallest absolute Gasteiger partial charge is 0.206 e. The van der Waals surface area contributed by atoms with E-state index in [9.17, 15) is 0 Å². The second kappa shape index (κ2) is 9.51. The Morgan fingerprint density at radius 3 is 2.75 bits per heavy atom. The molecule has 0 amide bonds. The standard InChI is InChI=1S/C27H33N5/c1-6-21-10-11-24(22(7-2)16-21)20(4)23-9-8-14-32(17-23)27-30-26(15-19(3)31(27)5)25-12-13-28-18-29-25/h10-13,15-16,18,23H,3-4,6-9,14,17H2,1-2,5H3. The van der Waals surface area contributed by atoms with Crippen molar-refractivity contribution in [2.24, 2.45) is 10.9 Å². The average Bonchev–Trinajstić information content (AvgIpc) is 2.85. The quantitative estimate of drug-likeness (QED) is 0.659. The number of hydrogen-bond donors (Lipinski definition) is 0. The van der Waals surface area contributed by atoms with E-state index in [1.807, 2.05) is 19.2 Å². The molecule has 1 fully saturated rings. The number of aryl methyl sites for hydroxylation is 2. The predicted octanol–water partition coefficient (Wildman–Crippen LogP) is 5.18. The second-order valence-corrected chi connectivity index (χ2v) is 8.60. The minimum atomic E-state index is 0.402. The highest BCUT2D eigenvalue weighted by molar-refractivity contribution is 5.91. The van der Waals surface area contributed by atoms with Crippen molar-refractivity contribution in [3.63, 3.8) is 0 Å². The maximum Gasteiger partial charge on any atom is 0.206 e. The number of nitrogens with zero attached hydrogens (tertiary/aromatic N) is 5. The predicted molar refractivity (Wildman–Crippen MR) is 133 cm³/mol. The number of benzene rings is 1. The van der Waals surface area contributed by atoms with Gasteiger partial charge < -0.3 is 9.80 Å². The van der Waals surface area contributed by atoms with Crippen LogP contribution in [0.25, 0.3) is 11.3 Å². The van der Waals surface area contributed by atoms with Gasteiger partial charge in [0.15, 0.2) is 0 Å². The summed E-state index contributed by atoms with van der Waals surface area (Å²) in [4.78, 5) is 17.8. The summed E-state index contributed by atoms with van der Waals surface area (Å²) in [5.41, 5.74) is 7.92. The van der Waals surface area contributed by atoms with E-state index >= 15 is 0 Å². The Morgan fingerprint density at radius 1 is 1.19 bits per heavy atom. The minimum Gasteiger partial charge on any atom is -0.342 e. The topological polar surface area (TPSA) is 44.6 Å². The van der Waals surface area contributed by atoms with Gasteiger partial charge in [0.25, 0.3) is 0 Å². The lowest BCUT2D eigenvalue weighted by Crippen LogP contribution is -2.47. The van der Waals surface area contributed by atoms with Crippen LogP contribution >= 0.6 is 0 Å². The highest BCUT2D eigenvalue weighted by Gasteiger charge is 2.29. The number of aromatic nitrogens is 2. The molecule has 0 spiro atoms. The summed E-state index contributed by atoms with van der Waals surface area (Å²) in [6, 6.07) is 8.77. The SMILES string of the molecule is C=C(c1ccc(CC)cc1CC)C1CCCN(C2=NC(c3ccncn3)=CC(=C)N2C)C1. The van der Waals surface area contributed by atoms with Crippen LogP contribution < -0.4 is 0 Å². The molecule has 1 unspecified atom stereocenters. The zero-order chi connectivity index (χ0) is 22.7. The van der Waals surface area contributed by atoms with Crippen molar-refractivity contribution >= 4 is 17.2 Å². The number of hydrogen-bond acceptors (Lipinski definition) is 5. The average molecular weight is 428 g/mol.